The zero-order valence-corrected chi connectivity index (χ0v) is 12.6. The molecule has 24 heavy (non-hydrogen) atoms. The molecule has 5 nitrogen and oxygen atoms in total. The Hall–Kier alpha value is -2.79. The number of rotatable bonds is 3. The van der Waals surface area contributed by atoms with Crippen LogP contribution in [0.15, 0.2) is 41.3 Å². The molecule has 1 aromatic carbocycles. The Morgan fingerprint density at radius 3 is 2.62 bits per heavy atom. The number of amides is 1. The second-order valence-electron chi connectivity index (χ2n) is 4.71. The fraction of sp³-hybridized carbons (Fsp3) is 0.133. The number of anilines is 1. The number of nitrogens with one attached hydrogen (secondary N) is 1. The summed E-state index contributed by atoms with van der Waals surface area (Å²) in [6, 6.07) is 8.44. The fourth-order valence-electron chi connectivity index (χ4n) is 1.91. The molecule has 1 amide bonds. The molecule has 0 aliphatic rings. The van der Waals surface area contributed by atoms with Crippen molar-refractivity contribution in [3.63, 3.8) is 0 Å². The van der Waals surface area contributed by atoms with Crippen LogP contribution in [0.1, 0.15) is 11.1 Å². The summed E-state index contributed by atoms with van der Waals surface area (Å²) in [6.45, 7) is -0.678. The van der Waals surface area contributed by atoms with Gasteiger partial charge in [-0.3, -0.25) is 9.59 Å². The summed E-state index contributed by atoms with van der Waals surface area (Å²) in [7, 11) is 0. The van der Waals surface area contributed by atoms with Crippen LogP contribution in [0, 0.1) is 11.3 Å². The van der Waals surface area contributed by atoms with E-state index in [0.29, 0.717) is 16.8 Å². The Morgan fingerprint density at radius 2 is 2.00 bits per heavy atom. The average molecular weight is 356 g/mol. The molecule has 0 fully saturated rings. The number of benzene rings is 1. The number of para-hydroxylation sites is 1. The van der Waals surface area contributed by atoms with Gasteiger partial charge in [0.2, 0.25) is 5.91 Å². The van der Waals surface area contributed by atoms with Gasteiger partial charge in [-0.2, -0.15) is 18.4 Å². The van der Waals surface area contributed by atoms with E-state index in [1.54, 1.807) is 12.1 Å². The molecule has 0 saturated heterocycles. The van der Waals surface area contributed by atoms with Crippen LogP contribution in [-0.4, -0.2) is 10.5 Å². The number of carbonyl (C=O) groups excluding carboxylic acids is 1. The minimum atomic E-state index is -4.71. The third kappa shape index (κ3) is 3.94. The summed E-state index contributed by atoms with van der Waals surface area (Å²) in [4.78, 5) is 23.8. The summed E-state index contributed by atoms with van der Waals surface area (Å²) >= 11 is 5.51. The number of halogens is 4. The molecule has 0 unspecified atom stereocenters. The minimum absolute atomic E-state index is 0.181. The van der Waals surface area contributed by atoms with Gasteiger partial charge >= 0.3 is 6.18 Å². The lowest BCUT2D eigenvalue weighted by Gasteiger charge is -2.12. The predicted molar refractivity (Wildman–Crippen MR) is 80.5 cm³/mol. The van der Waals surface area contributed by atoms with Crippen molar-refractivity contribution in [2.75, 3.05) is 5.32 Å². The van der Waals surface area contributed by atoms with Crippen LogP contribution in [0.3, 0.4) is 0 Å². The van der Waals surface area contributed by atoms with Gasteiger partial charge in [0.1, 0.15) is 17.6 Å². The molecule has 0 radical (unpaired) electrons. The molecular weight excluding hydrogens is 347 g/mol. The molecular formula is C15H9ClF3N3O2. The lowest BCUT2D eigenvalue weighted by Crippen LogP contribution is -2.29. The Morgan fingerprint density at radius 1 is 1.33 bits per heavy atom. The van der Waals surface area contributed by atoms with Gasteiger partial charge in [-0.05, 0) is 18.2 Å². The number of pyridine rings is 1. The van der Waals surface area contributed by atoms with Crippen molar-refractivity contribution in [2.24, 2.45) is 0 Å². The first-order chi connectivity index (χ1) is 11.2. The van der Waals surface area contributed by atoms with Gasteiger partial charge in [0, 0.05) is 6.20 Å². The van der Waals surface area contributed by atoms with Crippen LogP contribution < -0.4 is 10.9 Å². The molecule has 1 N–H and O–H groups in total. The number of carbonyl (C=O) groups is 1. The number of nitrogens with zero attached hydrogens (tertiary/aromatic N) is 2. The topological polar surface area (TPSA) is 74.9 Å². The molecule has 9 heteroatoms. The number of nitriles is 1. The van der Waals surface area contributed by atoms with Crippen molar-refractivity contribution in [2.45, 2.75) is 12.7 Å². The zero-order chi connectivity index (χ0) is 17.9. The average Bonchev–Trinajstić information content (AvgIpc) is 2.51. The number of hydrogen-bond donors (Lipinski definition) is 1. The second kappa shape index (κ2) is 6.76. The third-order valence-corrected chi connectivity index (χ3v) is 3.28. The standard InChI is InChI=1S/C15H9ClF3N3O2/c16-11-5-10(15(17,18)19)7-22(14(11)24)8-13(23)21-12-4-2-1-3-9(12)6-20/h1-5,7H,8H2,(H,21,23). The normalized spacial score (nSPS) is 11.0. The van der Waals surface area contributed by atoms with E-state index in [1.807, 2.05) is 6.07 Å². The maximum absolute atomic E-state index is 12.8. The third-order valence-electron chi connectivity index (χ3n) is 3.01. The number of alkyl halides is 3. The van der Waals surface area contributed by atoms with E-state index in [2.05, 4.69) is 5.32 Å². The fourth-order valence-corrected chi connectivity index (χ4v) is 2.13. The minimum Gasteiger partial charge on any atom is -0.323 e. The largest absolute Gasteiger partial charge is 0.417 e. The van der Waals surface area contributed by atoms with E-state index in [-0.39, 0.29) is 11.3 Å². The van der Waals surface area contributed by atoms with Crippen molar-refractivity contribution in [3.8, 4) is 6.07 Å². The lowest BCUT2D eigenvalue weighted by atomic mass is 10.2. The van der Waals surface area contributed by atoms with Crippen LogP contribution in [0.5, 0.6) is 0 Å². The van der Waals surface area contributed by atoms with Gasteiger partial charge in [0.15, 0.2) is 0 Å². The molecule has 2 aromatic rings. The maximum Gasteiger partial charge on any atom is 0.417 e. The Bertz CT molecular complexity index is 885. The Labute approximate surface area is 138 Å². The SMILES string of the molecule is N#Cc1ccccc1NC(=O)Cn1cc(C(F)(F)F)cc(Cl)c1=O. The second-order valence-corrected chi connectivity index (χ2v) is 5.12. The summed E-state index contributed by atoms with van der Waals surface area (Å²) in [6.07, 6.45) is -4.19. The molecule has 0 aliphatic heterocycles. The van der Waals surface area contributed by atoms with Gasteiger partial charge in [-0.25, -0.2) is 0 Å². The van der Waals surface area contributed by atoms with E-state index >= 15 is 0 Å². The summed E-state index contributed by atoms with van der Waals surface area (Å²) in [5.41, 5.74) is -1.69. The maximum atomic E-state index is 12.8. The highest BCUT2D eigenvalue weighted by molar-refractivity contribution is 6.30. The van der Waals surface area contributed by atoms with Crippen molar-refractivity contribution in [3.05, 3.63) is 63.0 Å². The highest BCUT2D eigenvalue weighted by atomic mass is 35.5. The molecule has 0 saturated carbocycles. The zero-order valence-electron chi connectivity index (χ0n) is 11.9. The van der Waals surface area contributed by atoms with Crippen molar-refractivity contribution in [1.82, 2.24) is 4.57 Å². The molecule has 124 valence electrons. The van der Waals surface area contributed by atoms with Crippen LogP contribution >= 0.6 is 11.6 Å². The first kappa shape index (κ1) is 17.6. The van der Waals surface area contributed by atoms with Crippen LogP contribution in [0.4, 0.5) is 18.9 Å². The lowest BCUT2D eigenvalue weighted by molar-refractivity contribution is -0.138. The van der Waals surface area contributed by atoms with Crippen LogP contribution in [-0.2, 0) is 17.5 Å². The predicted octanol–water partition coefficient (Wildman–Crippen LogP) is 3.03. The quantitative estimate of drug-likeness (QED) is 0.919. The van der Waals surface area contributed by atoms with Crippen LogP contribution in [0.2, 0.25) is 5.02 Å². The van der Waals surface area contributed by atoms with Gasteiger partial charge in [0.05, 0.1) is 16.8 Å². The van der Waals surface area contributed by atoms with Gasteiger partial charge in [-0.15, -0.1) is 0 Å². The first-order valence-electron chi connectivity index (χ1n) is 6.48. The Kier molecular flexibility index (Phi) is 4.95. The van der Waals surface area contributed by atoms with Crippen molar-refractivity contribution in [1.29, 1.82) is 5.26 Å². The van der Waals surface area contributed by atoms with E-state index < -0.39 is 34.8 Å². The first-order valence-corrected chi connectivity index (χ1v) is 6.86. The van der Waals surface area contributed by atoms with Gasteiger partial charge in [0.25, 0.3) is 5.56 Å². The molecule has 2 rings (SSSR count). The Balaban J connectivity index is 2.28. The summed E-state index contributed by atoms with van der Waals surface area (Å²) in [5, 5.41) is 10.7. The summed E-state index contributed by atoms with van der Waals surface area (Å²) < 4.78 is 38.8. The van der Waals surface area contributed by atoms with Crippen molar-refractivity contribution >= 4 is 23.2 Å². The van der Waals surface area contributed by atoms with E-state index in [9.17, 15) is 22.8 Å². The summed E-state index contributed by atoms with van der Waals surface area (Å²) in [5.74, 6) is -0.768. The molecule has 1 heterocycles. The monoisotopic (exact) mass is 355 g/mol. The van der Waals surface area contributed by atoms with Crippen molar-refractivity contribution < 1.29 is 18.0 Å². The van der Waals surface area contributed by atoms with Gasteiger partial charge < -0.3 is 9.88 Å². The molecule has 0 aliphatic carbocycles. The van der Waals surface area contributed by atoms with Crippen LogP contribution in [0.25, 0.3) is 0 Å². The van der Waals surface area contributed by atoms with E-state index in [1.165, 1.54) is 12.1 Å². The van der Waals surface area contributed by atoms with E-state index in [4.69, 9.17) is 16.9 Å². The molecule has 1 aromatic heterocycles. The number of hydrogen-bond acceptors (Lipinski definition) is 3. The number of aromatic nitrogens is 1. The highest BCUT2D eigenvalue weighted by Gasteiger charge is 2.32. The smallest absolute Gasteiger partial charge is 0.323 e. The molecule has 0 spiro atoms. The highest BCUT2D eigenvalue weighted by Crippen LogP contribution is 2.29. The van der Waals surface area contributed by atoms with E-state index in [0.717, 1.165) is 0 Å². The van der Waals surface area contributed by atoms with Gasteiger partial charge in [-0.1, -0.05) is 23.7 Å². The molecule has 0 bridgehead atoms. The molecule has 0 atom stereocenters.